The lowest BCUT2D eigenvalue weighted by Gasteiger charge is -2.11. The van der Waals surface area contributed by atoms with Gasteiger partial charge in [-0.3, -0.25) is 14.2 Å². The fourth-order valence-corrected chi connectivity index (χ4v) is 2.51. The van der Waals surface area contributed by atoms with Gasteiger partial charge in [0, 0.05) is 12.1 Å². The van der Waals surface area contributed by atoms with Gasteiger partial charge in [-0.2, -0.15) is 0 Å². The van der Waals surface area contributed by atoms with Crippen molar-refractivity contribution < 1.29 is 9.18 Å². The first kappa shape index (κ1) is 15.9. The molecule has 24 heavy (non-hydrogen) atoms. The van der Waals surface area contributed by atoms with E-state index in [0.717, 1.165) is 0 Å². The molecule has 0 radical (unpaired) electrons. The number of fused-ring (bicyclic) bond motifs is 1. The molecule has 0 bridgehead atoms. The van der Waals surface area contributed by atoms with Gasteiger partial charge in [0.25, 0.3) is 5.56 Å². The quantitative estimate of drug-likeness (QED) is 0.799. The number of nitrogens with one attached hydrogen (secondary N) is 1. The summed E-state index contributed by atoms with van der Waals surface area (Å²) in [6, 6.07) is 13.4. The van der Waals surface area contributed by atoms with E-state index in [-0.39, 0.29) is 30.4 Å². The SMILES string of the molecule is Cc1nc2ccccc2n(CC(=O)NCc2ccccc2F)c1=O. The number of para-hydroxylation sites is 2. The van der Waals surface area contributed by atoms with Crippen LogP contribution in [-0.4, -0.2) is 15.5 Å². The summed E-state index contributed by atoms with van der Waals surface area (Å²) in [5.41, 5.74) is 1.66. The van der Waals surface area contributed by atoms with Crippen LogP contribution in [0.3, 0.4) is 0 Å². The fourth-order valence-electron chi connectivity index (χ4n) is 2.51. The van der Waals surface area contributed by atoms with Crippen molar-refractivity contribution in [3.63, 3.8) is 0 Å². The highest BCUT2D eigenvalue weighted by Crippen LogP contribution is 2.10. The standard InChI is InChI=1S/C18H16FN3O2/c1-12-18(24)22(16-9-5-4-8-15(16)21-12)11-17(23)20-10-13-6-2-3-7-14(13)19/h2-9H,10-11H2,1H3,(H,20,23). The monoisotopic (exact) mass is 325 g/mol. The van der Waals surface area contributed by atoms with E-state index in [1.807, 2.05) is 6.07 Å². The summed E-state index contributed by atoms with van der Waals surface area (Å²) in [5, 5.41) is 2.64. The van der Waals surface area contributed by atoms with Gasteiger partial charge in [0.15, 0.2) is 0 Å². The molecule has 0 spiro atoms. The van der Waals surface area contributed by atoms with E-state index in [0.29, 0.717) is 22.3 Å². The first-order chi connectivity index (χ1) is 11.6. The topological polar surface area (TPSA) is 64.0 Å². The third-order valence-corrected chi connectivity index (χ3v) is 3.75. The minimum atomic E-state index is -0.375. The van der Waals surface area contributed by atoms with Crippen LogP contribution in [0.2, 0.25) is 0 Å². The third-order valence-electron chi connectivity index (χ3n) is 3.75. The van der Waals surface area contributed by atoms with E-state index in [1.165, 1.54) is 10.6 Å². The van der Waals surface area contributed by atoms with Crippen LogP contribution < -0.4 is 10.9 Å². The predicted molar refractivity (Wildman–Crippen MR) is 89.0 cm³/mol. The predicted octanol–water partition coefficient (Wildman–Crippen LogP) is 2.16. The minimum absolute atomic E-state index is 0.0717. The van der Waals surface area contributed by atoms with E-state index in [2.05, 4.69) is 10.3 Å². The van der Waals surface area contributed by atoms with E-state index in [1.54, 1.807) is 43.3 Å². The zero-order valence-electron chi connectivity index (χ0n) is 13.1. The molecule has 0 aliphatic heterocycles. The molecule has 3 aromatic rings. The number of benzene rings is 2. The summed E-state index contributed by atoms with van der Waals surface area (Å²) in [7, 11) is 0. The molecule has 0 atom stereocenters. The Morgan fingerprint density at radius 1 is 1.17 bits per heavy atom. The summed E-state index contributed by atoms with van der Waals surface area (Å²) >= 11 is 0. The number of hydrogen-bond acceptors (Lipinski definition) is 3. The van der Waals surface area contributed by atoms with Gasteiger partial charge in [0.05, 0.1) is 11.0 Å². The van der Waals surface area contributed by atoms with Gasteiger partial charge in [0.2, 0.25) is 5.91 Å². The van der Waals surface area contributed by atoms with Gasteiger partial charge in [-0.25, -0.2) is 9.37 Å². The van der Waals surface area contributed by atoms with Crippen LogP contribution in [0.1, 0.15) is 11.3 Å². The van der Waals surface area contributed by atoms with E-state index < -0.39 is 0 Å². The highest BCUT2D eigenvalue weighted by molar-refractivity contribution is 5.80. The summed E-state index contributed by atoms with van der Waals surface area (Å²) in [5.74, 6) is -0.740. The Balaban J connectivity index is 1.82. The summed E-state index contributed by atoms with van der Waals surface area (Å²) < 4.78 is 15.0. The molecule has 1 amide bonds. The molecule has 0 aliphatic carbocycles. The normalized spacial score (nSPS) is 10.8. The van der Waals surface area contributed by atoms with Crippen molar-refractivity contribution in [2.24, 2.45) is 0 Å². The zero-order chi connectivity index (χ0) is 17.1. The lowest BCUT2D eigenvalue weighted by Crippen LogP contribution is -2.33. The third kappa shape index (κ3) is 3.17. The van der Waals surface area contributed by atoms with Crippen molar-refractivity contribution in [2.45, 2.75) is 20.0 Å². The second-order valence-electron chi connectivity index (χ2n) is 5.45. The molecule has 2 aromatic carbocycles. The number of rotatable bonds is 4. The average molecular weight is 325 g/mol. The van der Waals surface area contributed by atoms with Crippen molar-refractivity contribution in [3.8, 4) is 0 Å². The fraction of sp³-hybridized carbons (Fsp3) is 0.167. The Kier molecular flexibility index (Phi) is 4.37. The second kappa shape index (κ2) is 6.62. The smallest absolute Gasteiger partial charge is 0.272 e. The largest absolute Gasteiger partial charge is 0.350 e. The number of hydrogen-bond donors (Lipinski definition) is 1. The molecule has 3 rings (SSSR count). The van der Waals surface area contributed by atoms with Gasteiger partial charge in [-0.15, -0.1) is 0 Å². The van der Waals surface area contributed by atoms with Crippen LogP contribution in [0.4, 0.5) is 4.39 Å². The second-order valence-corrected chi connectivity index (χ2v) is 5.45. The van der Waals surface area contributed by atoms with Gasteiger partial charge in [0.1, 0.15) is 18.1 Å². The van der Waals surface area contributed by atoms with Crippen molar-refractivity contribution >= 4 is 16.9 Å². The molecular weight excluding hydrogens is 309 g/mol. The van der Waals surface area contributed by atoms with Crippen LogP contribution in [0.15, 0.2) is 53.3 Å². The maximum atomic E-state index is 13.6. The molecule has 0 unspecified atom stereocenters. The molecule has 1 heterocycles. The molecule has 122 valence electrons. The van der Waals surface area contributed by atoms with Crippen LogP contribution >= 0.6 is 0 Å². The highest BCUT2D eigenvalue weighted by Gasteiger charge is 2.11. The first-order valence-electron chi connectivity index (χ1n) is 7.52. The molecule has 1 N–H and O–H groups in total. The lowest BCUT2D eigenvalue weighted by molar-refractivity contribution is -0.121. The molecule has 5 nitrogen and oxygen atoms in total. The minimum Gasteiger partial charge on any atom is -0.350 e. The van der Waals surface area contributed by atoms with Crippen LogP contribution in [0.5, 0.6) is 0 Å². The maximum absolute atomic E-state index is 13.6. The van der Waals surface area contributed by atoms with Gasteiger partial charge >= 0.3 is 0 Å². The zero-order valence-corrected chi connectivity index (χ0v) is 13.1. The number of amides is 1. The summed E-state index contributed by atoms with van der Waals surface area (Å²) in [6.07, 6.45) is 0. The molecular formula is C18H16FN3O2. The van der Waals surface area contributed by atoms with E-state index >= 15 is 0 Å². The number of aryl methyl sites for hydroxylation is 1. The Morgan fingerprint density at radius 3 is 2.67 bits per heavy atom. The van der Waals surface area contributed by atoms with E-state index in [4.69, 9.17) is 0 Å². The van der Waals surface area contributed by atoms with E-state index in [9.17, 15) is 14.0 Å². The molecule has 0 saturated carbocycles. The van der Waals surface area contributed by atoms with Gasteiger partial charge in [-0.1, -0.05) is 30.3 Å². The Hall–Kier alpha value is -3.02. The van der Waals surface area contributed by atoms with Gasteiger partial charge < -0.3 is 5.32 Å². The summed E-state index contributed by atoms with van der Waals surface area (Å²) in [6.45, 7) is 1.54. The molecule has 0 fully saturated rings. The van der Waals surface area contributed by atoms with Crippen LogP contribution in [0.25, 0.3) is 11.0 Å². The van der Waals surface area contributed by atoms with Gasteiger partial charge in [-0.05, 0) is 25.1 Å². The molecule has 1 aromatic heterocycles. The Bertz CT molecular complexity index is 966. The number of carbonyl (C=O) groups excluding carboxylic acids is 1. The van der Waals surface area contributed by atoms with Crippen molar-refractivity contribution in [1.29, 1.82) is 0 Å². The number of carbonyl (C=O) groups is 1. The Morgan fingerprint density at radius 2 is 1.88 bits per heavy atom. The molecule has 0 aliphatic rings. The number of aromatic nitrogens is 2. The summed E-state index contributed by atoms with van der Waals surface area (Å²) in [4.78, 5) is 28.7. The lowest BCUT2D eigenvalue weighted by atomic mass is 10.2. The molecule has 6 heteroatoms. The van der Waals surface area contributed by atoms with Crippen molar-refractivity contribution in [2.75, 3.05) is 0 Å². The molecule has 0 saturated heterocycles. The maximum Gasteiger partial charge on any atom is 0.272 e. The average Bonchev–Trinajstić information content (AvgIpc) is 2.58. The number of halogens is 1. The van der Waals surface area contributed by atoms with Crippen molar-refractivity contribution in [3.05, 3.63) is 76.0 Å². The highest BCUT2D eigenvalue weighted by atomic mass is 19.1. The van der Waals surface area contributed by atoms with Crippen LogP contribution in [-0.2, 0) is 17.9 Å². The van der Waals surface area contributed by atoms with Crippen LogP contribution in [0, 0.1) is 12.7 Å². The van der Waals surface area contributed by atoms with Crippen molar-refractivity contribution in [1.82, 2.24) is 14.9 Å². The number of nitrogens with zero attached hydrogens (tertiary/aromatic N) is 2. The first-order valence-corrected chi connectivity index (χ1v) is 7.52. The Labute approximate surface area is 137 Å².